The molecule has 2 fully saturated rings. The highest BCUT2D eigenvalue weighted by Gasteiger charge is 2.40. The topological polar surface area (TPSA) is 96.2 Å². The van der Waals surface area contributed by atoms with Gasteiger partial charge in [0.2, 0.25) is 5.91 Å². The van der Waals surface area contributed by atoms with E-state index in [1.807, 2.05) is 44.1 Å². The van der Waals surface area contributed by atoms with E-state index in [4.69, 9.17) is 0 Å². The van der Waals surface area contributed by atoms with Crippen LogP contribution in [0.4, 0.5) is 5.69 Å². The molecule has 2 aliphatic heterocycles. The number of hydrogen-bond donors (Lipinski definition) is 1. The Labute approximate surface area is 223 Å². The van der Waals surface area contributed by atoms with Gasteiger partial charge in [0.1, 0.15) is 0 Å². The van der Waals surface area contributed by atoms with Crippen molar-refractivity contribution in [1.82, 2.24) is 30.2 Å². The monoisotopic (exact) mass is 513 g/mol. The summed E-state index contributed by atoms with van der Waals surface area (Å²) in [7, 11) is 0. The van der Waals surface area contributed by atoms with Crippen molar-refractivity contribution in [3.05, 3.63) is 72.3 Å². The van der Waals surface area contributed by atoms with Gasteiger partial charge in [0.05, 0.1) is 23.6 Å². The Morgan fingerprint density at radius 1 is 1.18 bits per heavy atom. The Hall–Kier alpha value is -4.01. The maximum Gasteiger partial charge on any atom is 0.273 e. The zero-order valence-corrected chi connectivity index (χ0v) is 22.5. The van der Waals surface area contributed by atoms with Gasteiger partial charge < -0.3 is 15.1 Å². The maximum absolute atomic E-state index is 12.7. The first-order chi connectivity index (χ1) is 18.1. The number of hydrogen-bond acceptors (Lipinski definition) is 6. The molecule has 2 saturated heterocycles. The van der Waals surface area contributed by atoms with E-state index in [-0.39, 0.29) is 23.4 Å². The van der Waals surface area contributed by atoms with Crippen LogP contribution in [0.2, 0.25) is 0 Å². The molecule has 2 atom stereocenters. The number of benzene rings is 1. The van der Waals surface area contributed by atoms with Crippen LogP contribution in [0.15, 0.2) is 55.5 Å². The lowest BCUT2D eigenvalue weighted by atomic mass is 9.96. The first kappa shape index (κ1) is 25.6. The Balaban J connectivity index is 1.30. The summed E-state index contributed by atoms with van der Waals surface area (Å²) in [4.78, 5) is 33.7. The largest absolute Gasteiger partial charge is 0.367 e. The molecule has 2 aromatic heterocycles. The molecule has 3 aromatic rings. The number of pyridine rings is 1. The average molecular weight is 514 g/mol. The van der Waals surface area contributed by atoms with Gasteiger partial charge in [0.15, 0.2) is 5.69 Å². The number of aryl methyl sites for hydroxylation is 1. The number of likely N-dealkylation sites (tertiary alicyclic amines) is 1. The Morgan fingerprint density at radius 3 is 2.71 bits per heavy atom. The van der Waals surface area contributed by atoms with Gasteiger partial charge in [-0.25, -0.2) is 4.68 Å². The molecule has 1 N–H and O–H groups in total. The summed E-state index contributed by atoms with van der Waals surface area (Å²) in [6.45, 7) is 14.6. The number of nitrogens with one attached hydrogen (secondary N) is 1. The fourth-order valence-electron chi connectivity index (χ4n) is 5.45. The van der Waals surface area contributed by atoms with Crippen molar-refractivity contribution in [1.29, 1.82) is 0 Å². The molecule has 198 valence electrons. The summed E-state index contributed by atoms with van der Waals surface area (Å²) in [6, 6.07) is 8.56. The van der Waals surface area contributed by atoms with Crippen LogP contribution in [0, 0.1) is 12.8 Å². The van der Waals surface area contributed by atoms with Crippen LogP contribution in [0.1, 0.15) is 48.8 Å². The van der Waals surface area contributed by atoms with E-state index in [9.17, 15) is 9.59 Å². The molecule has 9 nitrogen and oxygen atoms in total. The second-order valence-electron chi connectivity index (χ2n) is 11.3. The van der Waals surface area contributed by atoms with Crippen molar-refractivity contribution in [2.24, 2.45) is 5.92 Å². The fourth-order valence-corrected chi connectivity index (χ4v) is 5.45. The zero-order chi connectivity index (χ0) is 27.0. The Bertz CT molecular complexity index is 1370. The van der Waals surface area contributed by atoms with Crippen molar-refractivity contribution in [2.45, 2.75) is 52.2 Å². The van der Waals surface area contributed by atoms with Crippen LogP contribution < -0.4 is 10.2 Å². The number of carbonyl (C=O) groups is 2. The summed E-state index contributed by atoms with van der Waals surface area (Å²) < 4.78 is 1.69. The van der Waals surface area contributed by atoms with E-state index in [1.165, 1.54) is 6.08 Å². The lowest BCUT2D eigenvalue weighted by Crippen LogP contribution is -2.44. The first-order valence-electron chi connectivity index (χ1n) is 13.1. The number of nitrogens with zero attached hydrogens (tertiary/aromatic N) is 6. The minimum atomic E-state index is -0.246. The lowest BCUT2D eigenvalue weighted by Gasteiger charge is -2.35. The van der Waals surface area contributed by atoms with E-state index in [2.05, 4.69) is 57.2 Å². The summed E-state index contributed by atoms with van der Waals surface area (Å²) in [5, 5.41) is 11.1. The van der Waals surface area contributed by atoms with Gasteiger partial charge in [-0.1, -0.05) is 30.0 Å². The molecular formula is C29H35N7O2. The van der Waals surface area contributed by atoms with Crippen molar-refractivity contribution in [2.75, 3.05) is 24.5 Å². The first-order valence-corrected chi connectivity index (χ1v) is 13.1. The normalized spacial score (nSPS) is 18.9. The minimum Gasteiger partial charge on any atom is -0.367 e. The molecule has 0 aliphatic carbocycles. The maximum atomic E-state index is 12.7. The standard InChI is InChI=1S/C29H35N7O2/c1-6-27(37)35-16-20-12-23(35)17-34(15-20)26-14-30-10-9-24(26)21-7-8-22(19(2)11-21)13-31-28(38)25-18-36(33-32-25)29(3,4)5/h6-11,14,18,20,23H,1,12-13,15-17H2,2-5H3,(H,31,38). The molecule has 2 bridgehead atoms. The van der Waals surface area contributed by atoms with Crippen molar-refractivity contribution < 1.29 is 9.59 Å². The van der Waals surface area contributed by atoms with E-state index in [1.54, 1.807) is 10.9 Å². The van der Waals surface area contributed by atoms with E-state index < -0.39 is 0 Å². The predicted molar refractivity (Wildman–Crippen MR) is 147 cm³/mol. The number of aromatic nitrogens is 4. The van der Waals surface area contributed by atoms with Crippen molar-refractivity contribution in [3.63, 3.8) is 0 Å². The number of carbonyl (C=O) groups excluding carboxylic acids is 2. The number of amides is 2. The minimum absolute atomic E-state index is 0.0166. The average Bonchev–Trinajstić information content (AvgIpc) is 3.52. The second-order valence-corrected chi connectivity index (χ2v) is 11.3. The quantitative estimate of drug-likeness (QED) is 0.507. The van der Waals surface area contributed by atoms with Crippen LogP contribution in [0.25, 0.3) is 11.1 Å². The highest BCUT2D eigenvalue weighted by molar-refractivity contribution is 5.91. The van der Waals surface area contributed by atoms with Gasteiger partial charge in [0, 0.05) is 44.0 Å². The Kier molecular flexibility index (Phi) is 6.77. The molecular weight excluding hydrogens is 478 g/mol. The number of rotatable bonds is 6. The van der Waals surface area contributed by atoms with Gasteiger partial charge >= 0.3 is 0 Å². The van der Waals surface area contributed by atoms with E-state index in [0.29, 0.717) is 18.2 Å². The van der Waals surface area contributed by atoms with Gasteiger partial charge in [-0.05, 0) is 68.9 Å². The van der Waals surface area contributed by atoms with Gasteiger partial charge in [-0.3, -0.25) is 14.6 Å². The number of fused-ring (bicyclic) bond motifs is 2. The molecule has 0 saturated carbocycles. The molecule has 2 unspecified atom stereocenters. The molecule has 2 aliphatic rings. The third-order valence-electron chi connectivity index (χ3n) is 7.52. The highest BCUT2D eigenvalue weighted by atomic mass is 16.2. The van der Waals surface area contributed by atoms with Crippen LogP contribution in [-0.2, 0) is 16.9 Å². The second kappa shape index (κ2) is 10.0. The molecule has 38 heavy (non-hydrogen) atoms. The van der Waals surface area contributed by atoms with Crippen molar-refractivity contribution in [3.8, 4) is 11.1 Å². The lowest BCUT2D eigenvalue weighted by molar-refractivity contribution is -0.126. The van der Waals surface area contributed by atoms with E-state index >= 15 is 0 Å². The summed E-state index contributed by atoms with van der Waals surface area (Å²) in [5.41, 5.74) is 5.48. The van der Waals surface area contributed by atoms with Gasteiger partial charge in [-0.15, -0.1) is 5.10 Å². The molecule has 4 heterocycles. The van der Waals surface area contributed by atoms with Crippen LogP contribution in [0.5, 0.6) is 0 Å². The zero-order valence-electron chi connectivity index (χ0n) is 22.5. The molecule has 9 heteroatoms. The van der Waals surface area contributed by atoms with Crippen molar-refractivity contribution >= 4 is 17.5 Å². The molecule has 0 radical (unpaired) electrons. The third-order valence-corrected chi connectivity index (χ3v) is 7.52. The summed E-state index contributed by atoms with van der Waals surface area (Å²) in [5.74, 6) is 0.218. The molecule has 5 rings (SSSR count). The molecule has 1 aromatic carbocycles. The van der Waals surface area contributed by atoms with Crippen LogP contribution >= 0.6 is 0 Å². The van der Waals surface area contributed by atoms with E-state index in [0.717, 1.165) is 54.0 Å². The van der Waals surface area contributed by atoms with Gasteiger partial charge in [-0.2, -0.15) is 0 Å². The summed E-state index contributed by atoms with van der Waals surface area (Å²) in [6.07, 6.45) is 7.88. The molecule has 0 spiro atoms. The predicted octanol–water partition coefficient (Wildman–Crippen LogP) is 3.56. The number of piperidine rings is 1. The number of anilines is 1. The van der Waals surface area contributed by atoms with Crippen LogP contribution in [-0.4, -0.2) is 62.4 Å². The fraction of sp³-hybridized carbons (Fsp3) is 0.414. The molecule has 2 amide bonds. The van der Waals surface area contributed by atoms with Gasteiger partial charge in [0.25, 0.3) is 5.91 Å². The van der Waals surface area contributed by atoms with Crippen LogP contribution in [0.3, 0.4) is 0 Å². The SMILES string of the molecule is C=CC(=O)N1CC2CC1CN(c1cnccc1-c1ccc(CNC(=O)c3cn(C(C)(C)C)nn3)c(C)c1)C2. The third kappa shape index (κ3) is 5.05. The highest BCUT2D eigenvalue weighted by Crippen LogP contribution is 2.37. The smallest absolute Gasteiger partial charge is 0.273 e. The Morgan fingerprint density at radius 2 is 2.00 bits per heavy atom. The summed E-state index contributed by atoms with van der Waals surface area (Å²) >= 11 is 0.